The van der Waals surface area contributed by atoms with Crippen LogP contribution in [-0.2, 0) is 9.59 Å². The van der Waals surface area contributed by atoms with Gasteiger partial charge in [0.25, 0.3) is 5.91 Å². The average molecular weight is 448 g/mol. The topological polar surface area (TPSA) is 71.1 Å². The lowest BCUT2D eigenvalue weighted by molar-refractivity contribution is -0.122. The smallest absolute Gasteiger partial charge is 0.258 e. The third-order valence-corrected chi connectivity index (χ3v) is 6.36. The molecule has 160 valence electrons. The largest absolute Gasteiger partial charge is 0.454 e. The van der Waals surface area contributed by atoms with Crippen LogP contribution in [0.4, 0.5) is 11.4 Å². The molecule has 2 saturated heterocycles. The first-order valence-electron chi connectivity index (χ1n) is 10.3. The van der Waals surface area contributed by atoms with Crippen LogP contribution < -0.4 is 24.8 Å². The SMILES string of the molecule is O=C1C2C(c3ccc4c(c3)OCO4)NN(c3ccccc3)C2C(=O)N1c1ccc(Cl)cc1. The number of carbonyl (C=O) groups is 2. The quantitative estimate of drug-likeness (QED) is 0.617. The summed E-state index contributed by atoms with van der Waals surface area (Å²) in [6.07, 6.45) is 0. The van der Waals surface area contributed by atoms with E-state index < -0.39 is 18.0 Å². The number of amides is 2. The summed E-state index contributed by atoms with van der Waals surface area (Å²) in [4.78, 5) is 28.5. The third kappa shape index (κ3) is 2.86. The molecule has 1 N–H and O–H groups in total. The Bertz CT molecular complexity index is 1220. The van der Waals surface area contributed by atoms with Crippen LogP contribution in [0.3, 0.4) is 0 Å². The highest BCUT2D eigenvalue weighted by molar-refractivity contribution is 6.31. The Kier molecular flexibility index (Phi) is 4.34. The lowest BCUT2D eigenvalue weighted by Gasteiger charge is -2.26. The van der Waals surface area contributed by atoms with Gasteiger partial charge in [-0.1, -0.05) is 35.9 Å². The lowest BCUT2D eigenvalue weighted by atomic mass is 9.90. The van der Waals surface area contributed by atoms with Crippen molar-refractivity contribution in [2.24, 2.45) is 5.92 Å². The molecule has 2 amide bonds. The van der Waals surface area contributed by atoms with Crippen molar-refractivity contribution in [3.05, 3.63) is 83.4 Å². The van der Waals surface area contributed by atoms with Crippen molar-refractivity contribution in [2.45, 2.75) is 12.1 Å². The molecule has 3 aliphatic heterocycles. The molecule has 2 fully saturated rings. The molecule has 0 bridgehead atoms. The van der Waals surface area contributed by atoms with Crippen LogP contribution in [0.5, 0.6) is 11.5 Å². The van der Waals surface area contributed by atoms with E-state index in [0.29, 0.717) is 22.2 Å². The molecule has 7 nitrogen and oxygen atoms in total. The summed E-state index contributed by atoms with van der Waals surface area (Å²) in [6.45, 7) is 0.167. The van der Waals surface area contributed by atoms with Crippen molar-refractivity contribution in [2.75, 3.05) is 16.7 Å². The van der Waals surface area contributed by atoms with E-state index in [1.807, 2.05) is 48.5 Å². The van der Waals surface area contributed by atoms with E-state index in [2.05, 4.69) is 5.43 Å². The van der Waals surface area contributed by atoms with Gasteiger partial charge in [-0.3, -0.25) is 14.6 Å². The minimum atomic E-state index is -0.684. The molecule has 6 rings (SSSR count). The minimum absolute atomic E-state index is 0.167. The summed E-state index contributed by atoms with van der Waals surface area (Å²) in [5.41, 5.74) is 5.58. The highest BCUT2D eigenvalue weighted by Crippen LogP contribution is 2.45. The Morgan fingerprint density at radius 1 is 0.844 bits per heavy atom. The summed E-state index contributed by atoms with van der Waals surface area (Å²) in [5, 5.41) is 2.34. The van der Waals surface area contributed by atoms with Crippen molar-refractivity contribution in [3.63, 3.8) is 0 Å². The van der Waals surface area contributed by atoms with Gasteiger partial charge in [-0.2, -0.15) is 0 Å². The first-order chi connectivity index (χ1) is 15.6. The molecule has 32 heavy (non-hydrogen) atoms. The van der Waals surface area contributed by atoms with Crippen LogP contribution in [0.25, 0.3) is 0 Å². The van der Waals surface area contributed by atoms with Crippen LogP contribution in [0.15, 0.2) is 72.8 Å². The Balaban J connectivity index is 1.44. The van der Waals surface area contributed by atoms with Gasteiger partial charge in [0.05, 0.1) is 23.3 Å². The second-order valence-electron chi connectivity index (χ2n) is 7.88. The number of nitrogens with zero attached hydrogens (tertiary/aromatic N) is 2. The second kappa shape index (κ2) is 7.25. The van der Waals surface area contributed by atoms with E-state index in [1.165, 1.54) is 4.90 Å². The summed E-state index contributed by atoms with van der Waals surface area (Å²) in [7, 11) is 0. The lowest BCUT2D eigenvalue weighted by Crippen LogP contribution is -2.45. The first kappa shape index (κ1) is 19.2. The maximum absolute atomic E-state index is 13.6. The fraction of sp³-hybridized carbons (Fsp3) is 0.167. The van der Waals surface area contributed by atoms with Crippen molar-refractivity contribution in [3.8, 4) is 11.5 Å². The summed E-state index contributed by atoms with van der Waals surface area (Å²) < 4.78 is 11.0. The van der Waals surface area contributed by atoms with Gasteiger partial charge in [-0.05, 0) is 54.1 Å². The maximum Gasteiger partial charge on any atom is 0.258 e. The Hall–Kier alpha value is -3.55. The molecule has 3 heterocycles. The maximum atomic E-state index is 13.6. The summed E-state index contributed by atoms with van der Waals surface area (Å²) in [6, 6.07) is 20.8. The van der Waals surface area contributed by atoms with Crippen LogP contribution in [-0.4, -0.2) is 24.6 Å². The highest BCUT2D eigenvalue weighted by atomic mass is 35.5. The first-order valence-corrected chi connectivity index (χ1v) is 10.6. The normalized spacial score (nSPS) is 23.7. The van der Waals surface area contributed by atoms with E-state index in [9.17, 15) is 9.59 Å². The van der Waals surface area contributed by atoms with Crippen LogP contribution in [0.2, 0.25) is 5.02 Å². The van der Waals surface area contributed by atoms with E-state index in [1.54, 1.807) is 29.3 Å². The fourth-order valence-corrected chi connectivity index (χ4v) is 4.77. The van der Waals surface area contributed by atoms with Gasteiger partial charge in [-0.25, -0.2) is 10.3 Å². The van der Waals surface area contributed by atoms with Crippen molar-refractivity contribution >= 4 is 34.8 Å². The number of hydrogen-bond donors (Lipinski definition) is 1. The van der Waals surface area contributed by atoms with E-state index in [0.717, 1.165) is 11.3 Å². The Labute approximate surface area is 189 Å². The van der Waals surface area contributed by atoms with Gasteiger partial charge in [0.2, 0.25) is 12.7 Å². The zero-order chi connectivity index (χ0) is 21.8. The number of ether oxygens (including phenoxy) is 2. The van der Waals surface area contributed by atoms with Gasteiger partial charge in [0.15, 0.2) is 11.5 Å². The van der Waals surface area contributed by atoms with Crippen molar-refractivity contribution in [1.82, 2.24) is 5.43 Å². The zero-order valence-corrected chi connectivity index (χ0v) is 17.5. The number of halogens is 1. The summed E-state index contributed by atoms with van der Waals surface area (Å²) in [5.74, 6) is 0.154. The molecule has 3 aromatic rings. The van der Waals surface area contributed by atoms with Gasteiger partial charge >= 0.3 is 0 Å². The third-order valence-electron chi connectivity index (χ3n) is 6.11. The number of hydrogen-bond acceptors (Lipinski definition) is 6. The van der Waals surface area contributed by atoms with Crippen LogP contribution in [0.1, 0.15) is 11.6 Å². The van der Waals surface area contributed by atoms with Gasteiger partial charge in [0, 0.05) is 5.02 Å². The summed E-state index contributed by atoms with van der Waals surface area (Å²) >= 11 is 6.01. The number of nitrogens with one attached hydrogen (secondary N) is 1. The van der Waals surface area contributed by atoms with E-state index in [-0.39, 0.29) is 18.6 Å². The predicted molar refractivity (Wildman–Crippen MR) is 119 cm³/mol. The molecule has 3 aromatic carbocycles. The molecule has 3 atom stereocenters. The fourth-order valence-electron chi connectivity index (χ4n) is 4.64. The molecule has 0 aliphatic carbocycles. The number of imide groups is 1. The predicted octanol–water partition coefficient (Wildman–Crippen LogP) is 3.69. The molecule has 0 spiro atoms. The number of hydrazine groups is 1. The number of carbonyl (C=O) groups excluding carboxylic acids is 2. The van der Waals surface area contributed by atoms with Crippen molar-refractivity contribution in [1.29, 1.82) is 0 Å². The standard InChI is InChI=1S/C24H18ClN3O4/c25-15-7-9-16(10-8-15)27-23(29)20-21(14-6-11-18-19(12-14)32-13-31-18)26-28(22(20)24(27)30)17-4-2-1-3-5-17/h1-12,20-22,26H,13H2. The molecule has 0 radical (unpaired) electrons. The molecule has 3 unspecified atom stereocenters. The number of para-hydroxylation sites is 1. The molecule has 0 saturated carbocycles. The number of anilines is 2. The van der Waals surface area contributed by atoms with Gasteiger partial charge < -0.3 is 9.47 Å². The average Bonchev–Trinajstić information content (AvgIpc) is 3.50. The zero-order valence-electron chi connectivity index (χ0n) is 16.8. The molecular formula is C24H18ClN3O4. The Morgan fingerprint density at radius 3 is 2.38 bits per heavy atom. The molecule has 8 heteroatoms. The highest BCUT2D eigenvalue weighted by Gasteiger charge is 2.59. The van der Waals surface area contributed by atoms with Gasteiger partial charge in [0.1, 0.15) is 6.04 Å². The number of benzene rings is 3. The number of rotatable bonds is 3. The van der Waals surface area contributed by atoms with Gasteiger partial charge in [-0.15, -0.1) is 0 Å². The Morgan fingerprint density at radius 2 is 1.59 bits per heavy atom. The molecule has 3 aliphatic rings. The number of fused-ring (bicyclic) bond motifs is 2. The van der Waals surface area contributed by atoms with Crippen LogP contribution in [0, 0.1) is 5.92 Å². The van der Waals surface area contributed by atoms with Crippen molar-refractivity contribution < 1.29 is 19.1 Å². The molecule has 0 aromatic heterocycles. The molecular weight excluding hydrogens is 430 g/mol. The second-order valence-corrected chi connectivity index (χ2v) is 8.32. The van der Waals surface area contributed by atoms with E-state index in [4.69, 9.17) is 21.1 Å². The van der Waals surface area contributed by atoms with E-state index >= 15 is 0 Å². The van der Waals surface area contributed by atoms with Crippen LogP contribution >= 0.6 is 11.6 Å². The minimum Gasteiger partial charge on any atom is -0.454 e. The monoisotopic (exact) mass is 447 g/mol.